The van der Waals surface area contributed by atoms with Gasteiger partial charge in [-0.2, -0.15) is 0 Å². The average Bonchev–Trinajstić information content (AvgIpc) is 2.14. The van der Waals surface area contributed by atoms with Crippen molar-refractivity contribution in [2.75, 3.05) is 19.9 Å². The van der Waals surface area contributed by atoms with E-state index in [0.29, 0.717) is 5.57 Å². The Bertz CT molecular complexity index is 251. The molecule has 0 aliphatic rings. The first kappa shape index (κ1) is 13.9. The van der Waals surface area contributed by atoms with Crippen LogP contribution in [0.2, 0.25) is 6.55 Å². The van der Waals surface area contributed by atoms with E-state index in [9.17, 15) is 9.59 Å². The fraction of sp³-hybridized carbons (Fsp3) is 0.556. The van der Waals surface area contributed by atoms with Crippen LogP contribution in [0, 0.1) is 0 Å². The van der Waals surface area contributed by atoms with Gasteiger partial charge in [0.15, 0.2) is 0 Å². The first-order valence-corrected chi connectivity index (χ1v) is 6.92. The lowest BCUT2D eigenvalue weighted by Gasteiger charge is -2.11. The molecule has 15 heavy (non-hydrogen) atoms. The highest BCUT2D eigenvalue weighted by atomic mass is 28.3. The van der Waals surface area contributed by atoms with E-state index in [1.165, 1.54) is 7.11 Å². The van der Waals surface area contributed by atoms with Crippen LogP contribution in [0.1, 0.15) is 6.92 Å². The van der Waals surface area contributed by atoms with Crippen molar-refractivity contribution < 1.29 is 23.5 Å². The van der Waals surface area contributed by atoms with Crippen molar-refractivity contribution >= 4 is 21.0 Å². The van der Waals surface area contributed by atoms with E-state index < -0.39 is 21.0 Å². The van der Waals surface area contributed by atoms with E-state index in [2.05, 4.69) is 11.3 Å². The number of hydrogen-bond acceptors (Lipinski definition) is 5. The molecule has 86 valence electrons. The van der Waals surface area contributed by atoms with Crippen molar-refractivity contribution in [3.8, 4) is 0 Å². The lowest BCUT2D eigenvalue weighted by atomic mass is 10.4. The molecule has 1 atom stereocenters. The Morgan fingerprint density at radius 3 is 2.47 bits per heavy atom. The molecule has 0 rings (SSSR count). The topological polar surface area (TPSA) is 61.8 Å². The van der Waals surface area contributed by atoms with Crippen LogP contribution < -0.4 is 0 Å². The van der Waals surface area contributed by atoms with Crippen LogP contribution in [0.25, 0.3) is 0 Å². The van der Waals surface area contributed by atoms with Crippen molar-refractivity contribution in [2.45, 2.75) is 13.5 Å². The lowest BCUT2D eigenvalue weighted by molar-refractivity contribution is -0.141. The van der Waals surface area contributed by atoms with Crippen molar-refractivity contribution in [3.63, 3.8) is 0 Å². The molecule has 0 saturated carbocycles. The third-order valence-electron chi connectivity index (χ3n) is 1.39. The van der Waals surface area contributed by atoms with Gasteiger partial charge in [0.05, 0.1) is 0 Å². The van der Waals surface area contributed by atoms with Crippen molar-refractivity contribution in [2.24, 2.45) is 0 Å². The smallest absolute Gasteiger partial charge is 0.332 e. The lowest BCUT2D eigenvalue weighted by Crippen LogP contribution is -2.28. The highest BCUT2D eigenvalue weighted by Crippen LogP contribution is 1.95. The summed E-state index contributed by atoms with van der Waals surface area (Å²) in [7, 11) is -0.391. The monoisotopic (exact) mass is 232 g/mol. The first-order chi connectivity index (χ1) is 6.97. The van der Waals surface area contributed by atoms with Gasteiger partial charge in [0.1, 0.15) is 12.8 Å². The molecule has 0 aromatic heterocycles. The minimum Gasteiger partial charge on any atom is -0.517 e. The number of ether oxygens (including phenoxy) is 2. The SMILES string of the molecule is C=C(C)C(=O)OC[SiH](C)OC(=O)COC. The summed E-state index contributed by atoms with van der Waals surface area (Å²) in [6.07, 6.45) is 0.154. The largest absolute Gasteiger partial charge is 0.517 e. The zero-order valence-electron chi connectivity index (χ0n) is 9.24. The predicted octanol–water partition coefficient (Wildman–Crippen LogP) is 0.188. The average molecular weight is 232 g/mol. The highest BCUT2D eigenvalue weighted by Gasteiger charge is 2.14. The summed E-state index contributed by atoms with van der Waals surface area (Å²) in [6, 6.07) is 0. The maximum absolute atomic E-state index is 11.0. The summed E-state index contributed by atoms with van der Waals surface area (Å²) < 4.78 is 14.4. The van der Waals surface area contributed by atoms with Gasteiger partial charge in [-0.05, 0) is 13.5 Å². The van der Waals surface area contributed by atoms with Crippen LogP contribution in [0.4, 0.5) is 0 Å². The molecule has 0 heterocycles. The molecule has 0 fully saturated rings. The molecule has 0 aromatic rings. The number of esters is 1. The Morgan fingerprint density at radius 1 is 1.40 bits per heavy atom. The fourth-order valence-corrected chi connectivity index (χ4v) is 1.70. The number of carbonyl (C=O) groups excluding carboxylic acids is 2. The maximum Gasteiger partial charge on any atom is 0.332 e. The normalized spacial score (nSPS) is 11.7. The molecule has 0 bridgehead atoms. The molecule has 0 aliphatic heterocycles. The van der Waals surface area contributed by atoms with E-state index in [-0.39, 0.29) is 12.8 Å². The van der Waals surface area contributed by atoms with Gasteiger partial charge in [-0.1, -0.05) is 6.58 Å². The van der Waals surface area contributed by atoms with Gasteiger partial charge in [0.25, 0.3) is 9.04 Å². The van der Waals surface area contributed by atoms with Crippen molar-refractivity contribution in [3.05, 3.63) is 12.2 Å². The minimum atomic E-state index is -1.80. The van der Waals surface area contributed by atoms with Gasteiger partial charge in [-0.25, -0.2) is 4.79 Å². The molecular formula is C9H16O5Si. The second kappa shape index (κ2) is 7.19. The number of carbonyl (C=O) groups is 2. The molecule has 0 saturated heterocycles. The zero-order chi connectivity index (χ0) is 11.8. The second-order valence-electron chi connectivity index (χ2n) is 3.11. The molecule has 0 spiro atoms. The molecule has 5 nitrogen and oxygen atoms in total. The van der Waals surface area contributed by atoms with E-state index >= 15 is 0 Å². The van der Waals surface area contributed by atoms with E-state index in [0.717, 1.165) is 0 Å². The minimum absolute atomic E-state index is 0.0776. The first-order valence-electron chi connectivity index (χ1n) is 4.48. The fourth-order valence-electron chi connectivity index (χ4n) is 0.727. The molecule has 0 aromatic carbocycles. The molecule has 6 heteroatoms. The standard InChI is InChI=1S/C9H16O5Si/c1-7(2)9(11)13-6-15(4)14-8(10)5-12-3/h15H,1,5-6H2,2-4H3. The molecule has 1 unspecified atom stereocenters. The van der Waals surface area contributed by atoms with Gasteiger partial charge in [-0.3, -0.25) is 4.79 Å². The molecular weight excluding hydrogens is 216 g/mol. The van der Waals surface area contributed by atoms with Crippen LogP contribution in [0.5, 0.6) is 0 Å². The number of rotatable bonds is 6. The van der Waals surface area contributed by atoms with E-state index in [4.69, 9.17) is 9.16 Å². The van der Waals surface area contributed by atoms with Gasteiger partial charge < -0.3 is 13.9 Å². The van der Waals surface area contributed by atoms with Gasteiger partial charge >= 0.3 is 11.9 Å². The van der Waals surface area contributed by atoms with E-state index in [1.54, 1.807) is 13.5 Å². The van der Waals surface area contributed by atoms with Crippen LogP contribution in [0.3, 0.4) is 0 Å². The van der Waals surface area contributed by atoms with Gasteiger partial charge in [-0.15, -0.1) is 0 Å². The Labute approximate surface area is 90.7 Å². The zero-order valence-corrected chi connectivity index (χ0v) is 10.4. The van der Waals surface area contributed by atoms with Gasteiger partial charge in [0, 0.05) is 12.7 Å². The highest BCUT2D eigenvalue weighted by molar-refractivity contribution is 6.52. The van der Waals surface area contributed by atoms with Gasteiger partial charge in [0.2, 0.25) is 0 Å². The predicted molar refractivity (Wildman–Crippen MR) is 56.8 cm³/mol. The second-order valence-corrected chi connectivity index (χ2v) is 5.30. The van der Waals surface area contributed by atoms with E-state index in [1.807, 2.05) is 0 Å². The summed E-state index contributed by atoms with van der Waals surface area (Å²) in [5.74, 6) is -0.889. The molecule has 0 aliphatic carbocycles. The maximum atomic E-state index is 11.0. The van der Waals surface area contributed by atoms with Crippen molar-refractivity contribution in [1.82, 2.24) is 0 Å². The summed E-state index contributed by atoms with van der Waals surface area (Å²) >= 11 is 0. The Hall–Kier alpha value is -1.14. The van der Waals surface area contributed by atoms with Crippen LogP contribution in [0.15, 0.2) is 12.2 Å². The number of hydrogen-bond donors (Lipinski definition) is 0. The summed E-state index contributed by atoms with van der Waals surface area (Å²) in [4.78, 5) is 22.0. The molecule has 0 amide bonds. The quantitative estimate of drug-likeness (QED) is 0.371. The summed E-state index contributed by atoms with van der Waals surface area (Å²) in [5, 5.41) is 0. The third kappa shape index (κ3) is 6.87. The summed E-state index contributed by atoms with van der Waals surface area (Å²) in [6.45, 7) is 6.68. The Morgan fingerprint density at radius 2 is 2.00 bits per heavy atom. The molecule has 0 N–H and O–H groups in total. The van der Waals surface area contributed by atoms with Crippen LogP contribution in [-0.2, 0) is 23.5 Å². The Balaban J connectivity index is 3.75. The number of methoxy groups -OCH3 is 1. The molecule has 0 radical (unpaired) electrons. The van der Waals surface area contributed by atoms with Crippen LogP contribution >= 0.6 is 0 Å². The summed E-state index contributed by atoms with van der Waals surface area (Å²) in [5.41, 5.74) is 0.333. The third-order valence-corrected chi connectivity index (χ3v) is 2.69. The van der Waals surface area contributed by atoms with Crippen LogP contribution in [-0.4, -0.2) is 40.9 Å². The van der Waals surface area contributed by atoms with Crippen molar-refractivity contribution in [1.29, 1.82) is 0 Å². The Kier molecular flexibility index (Phi) is 6.64.